The molecule has 5 nitrogen and oxygen atoms in total. The number of benzene rings is 3. The molecule has 1 aromatic heterocycles. The lowest BCUT2D eigenvalue weighted by molar-refractivity contribution is -0.137. The third-order valence-electron chi connectivity index (χ3n) is 7.24. The highest BCUT2D eigenvalue weighted by Gasteiger charge is 2.52. The minimum atomic E-state index is -4.45. The minimum absolute atomic E-state index is 0.204. The molecular formula is C29H21F3N2O3. The monoisotopic (exact) mass is 502 g/mol. The van der Waals surface area contributed by atoms with E-state index in [4.69, 9.17) is 0 Å². The summed E-state index contributed by atoms with van der Waals surface area (Å²) in [5, 5.41) is 11.1. The van der Waals surface area contributed by atoms with Crippen LogP contribution in [0.5, 0.6) is 0 Å². The molecule has 3 aromatic carbocycles. The summed E-state index contributed by atoms with van der Waals surface area (Å²) in [6.45, 7) is 1.33. The molecule has 2 atom stereocenters. The fourth-order valence-electron chi connectivity index (χ4n) is 5.56. The fourth-order valence-corrected chi connectivity index (χ4v) is 5.56. The molecule has 0 spiro atoms. The molecule has 1 fully saturated rings. The van der Waals surface area contributed by atoms with Crippen LogP contribution in [-0.2, 0) is 22.2 Å². The Morgan fingerprint density at radius 1 is 0.973 bits per heavy atom. The predicted octanol–water partition coefficient (Wildman–Crippen LogP) is 6.11. The second-order valence-corrected chi connectivity index (χ2v) is 9.42. The van der Waals surface area contributed by atoms with E-state index < -0.39 is 35.5 Å². The molecule has 6 rings (SSSR count). The average molecular weight is 502 g/mol. The highest BCUT2D eigenvalue weighted by atomic mass is 19.4. The van der Waals surface area contributed by atoms with Gasteiger partial charge in [-0.1, -0.05) is 54.6 Å². The van der Waals surface area contributed by atoms with Crippen molar-refractivity contribution in [2.24, 2.45) is 0 Å². The van der Waals surface area contributed by atoms with Gasteiger partial charge in [0.05, 0.1) is 11.6 Å². The van der Waals surface area contributed by atoms with E-state index in [2.05, 4.69) is 4.98 Å². The molecule has 0 saturated carbocycles. The van der Waals surface area contributed by atoms with E-state index in [1.54, 1.807) is 30.3 Å². The molecule has 1 amide bonds. The van der Waals surface area contributed by atoms with Crippen molar-refractivity contribution in [2.45, 2.75) is 31.6 Å². The zero-order valence-corrected chi connectivity index (χ0v) is 19.6. The van der Waals surface area contributed by atoms with Gasteiger partial charge in [-0.15, -0.1) is 0 Å². The molecule has 3 heterocycles. The van der Waals surface area contributed by atoms with Gasteiger partial charge in [0.25, 0.3) is 5.91 Å². The van der Waals surface area contributed by atoms with E-state index in [9.17, 15) is 27.9 Å². The quantitative estimate of drug-likeness (QED) is 0.197. The number of aromatic amines is 1. The molecule has 0 bridgehead atoms. The SMILES string of the molecule is C/C(O)=C1\C(=O)[C@@H]2Cc3c([nH]c4ccccc34)[C@@H](c3ccc(-c4cccc(C(F)(F)F)c4)cc3)N2C1=O. The number of rotatable bonds is 2. The van der Waals surface area contributed by atoms with Gasteiger partial charge in [0.15, 0.2) is 5.78 Å². The van der Waals surface area contributed by atoms with Crippen molar-refractivity contribution in [3.8, 4) is 11.1 Å². The molecule has 2 aliphatic heterocycles. The van der Waals surface area contributed by atoms with Crippen molar-refractivity contribution in [1.29, 1.82) is 0 Å². The number of alkyl halides is 3. The number of hydrogen-bond donors (Lipinski definition) is 2. The first-order valence-corrected chi connectivity index (χ1v) is 11.8. The maximum atomic E-state index is 13.4. The Hall–Kier alpha value is -4.33. The van der Waals surface area contributed by atoms with Gasteiger partial charge < -0.3 is 15.0 Å². The highest BCUT2D eigenvalue weighted by Crippen LogP contribution is 2.45. The Morgan fingerprint density at radius 3 is 2.41 bits per heavy atom. The second-order valence-electron chi connectivity index (χ2n) is 9.42. The van der Waals surface area contributed by atoms with Gasteiger partial charge in [0.1, 0.15) is 17.4 Å². The van der Waals surface area contributed by atoms with Gasteiger partial charge in [-0.3, -0.25) is 9.59 Å². The van der Waals surface area contributed by atoms with Gasteiger partial charge in [0, 0.05) is 23.0 Å². The van der Waals surface area contributed by atoms with Crippen molar-refractivity contribution in [1.82, 2.24) is 9.88 Å². The zero-order valence-electron chi connectivity index (χ0n) is 19.6. The number of halogens is 3. The molecule has 1 saturated heterocycles. The highest BCUT2D eigenvalue weighted by molar-refractivity contribution is 6.27. The summed E-state index contributed by atoms with van der Waals surface area (Å²) < 4.78 is 39.6. The Labute approximate surface area is 209 Å². The number of fused-ring (bicyclic) bond motifs is 4. The number of nitrogens with zero attached hydrogens (tertiary/aromatic N) is 1. The maximum absolute atomic E-state index is 13.4. The normalized spacial score (nSPS) is 20.8. The summed E-state index contributed by atoms with van der Waals surface area (Å²) in [6, 6.07) is 18.4. The third-order valence-corrected chi connectivity index (χ3v) is 7.24. The van der Waals surface area contributed by atoms with Crippen LogP contribution in [0.15, 0.2) is 84.1 Å². The van der Waals surface area contributed by atoms with Crippen LogP contribution < -0.4 is 0 Å². The number of aromatic nitrogens is 1. The first kappa shape index (κ1) is 23.1. The van der Waals surface area contributed by atoms with Crippen LogP contribution in [0.3, 0.4) is 0 Å². The summed E-state index contributed by atoms with van der Waals surface area (Å²) >= 11 is 0. The van der Waals surface area contributed by atoms with Crippen molar-refractivity contribution in [3.05, 3.63) is 107 Å². The molecule has 2 aliphatic rings. The smallest absolute Gasteiger partial charge is 0.416 e. The predicted molar refractivity (Wildman–Crippen MR) is 132 cm³/mol. The first-order valence-electron chi connectivity index (χ1n) is 11.8. The number of ketones is 1. The second kappa shape index (κ2) is 8.09. The maximum Gasteiger partial charge on any atom is 0.416 e. The lowest BCUT2D eigenvalue weighted by Crippen LogP contribution is -2.44. The number of H-pyrrole nitrogens is 1. The number of carbonyl (C=O) groups excluding carboxylic acids is 2. The van der Waals surface area contributed by atoms with Crippen molar-refractivity contribution in [3.63, 3.8) is 0 Å². The van der Waals surface area contributed by atoms with Crippen LogP contribution in [0.25, 0.3) is 22.0 Å². The van der Waals surface area contributed by atoms with Crippen LogP contribution >= 0.6 is 0 Å². The number of aliphatic hydroxyl groups excluding tert-OH is 1. The summed E-state index contributed by atoms with van der Waals surface area (Å²) in [6.07, 6.45) is -4.13. The Balaban J connectivity index is 1.48. The number of amides is 1. The van der Waals surface area contributed by atoms with Crippen LogP contribution in [0.2, 0.25) is 0 Å². The lowest BCUT2D eigenvalue weighted by atomic mass is 9.88. The molecule has 0 unspecified atom stereocenters. The summed E-state index contributed by atoms with van der Waals surface area (Å²) in [4.78, 5) is 31.5. The van der Waals surface area contributed by atoms with E-state index in [0.29, 0.717) is 23.1 Å². The van der Waals surface area contributed by atoms with Gasteiger partial charge in [0.2, 0.25) is 0 Å². The largest absolute Gasteiger partial charge is 0.512 e. The number of nitrogens with one attached hydrogen (secondary N) is 1. The van der Waals surface area contributed by atoms with E-state index >= 15 is 0 Å². The Bertz CT molecular complexity index is 1610. The molecule has 2 N–H and O–H groups in total. The van der Waals surface area contributed by atoms with Crippen molar-refractivity contribution < 1.29 is 27.9 Å². The standard InChI is InChI=1S/C29H21F3N2O3/c1-15(35)24-27(36)23-14-21-20-7-2-3-8-22(20)33-25(21)26(34(23)28(24)37)17-11-9-16(10-12-17)18-5-4-6-19(13-18)29(30,31)32/h2-13,23,26,33,35H,14H2,1H3/b24-15-/t23-,26+/m0/s1. The van der Waals surface area contributed by atoms with Crippen molar-refractivity contribution in [2.75, 3.05) is 0 Å². The average Bonchev–Trinajstić information content (AvgIpc) is 3.37. The van der Waals surface area contributed by atoms with Crippen molar-refractivity contribution >= 4 is 22.6 Å². The number of para-hydroxylation sites is 1. The van der Waals surface area contributed by atoms with Crippen LogP contribution in [-0.4, -0.2) is 32.7 Å². The summed E-state index contributed by atoms with van der Waals surface area (Å²) in [5.41, 5.74) is 3.37. The van der Waals surface area contributed by atoms with Gasteiger partial charge >= 0.3 is 6.18 Å². The summed E-state index contributed by atoms with van der Waals surface area (Å²) in [5.74, 6) is -1.26. The number of carbonyl (C=O) groups is 2. The van der Waals surface area contributed by atoms with E-state index in [1.807, 2.05) is 24.3 Å². The minimum Gasteiger partial charge on any atom is -0.512 e. The van der Waals surface area contributed by atoms with Crippen LogP contribution in [0, 0.1) is 0 Å². The Morgan fingerprint density at radius 2 is 1.70 bits per heavy atom. The van der Waals surface area contributed by atoms with E-state index in [0.717, 1.165) is 34.3 Å². The third kappa shape index (κ3) is 3.55. The Kier molecular flexibility index (Phi) is 5.05. The molecule has 0 aliphatic carbocycles. The molecule has 186 valence electrons. The number of aliphatic hydroxyl groups is 1. The van der Waals surface area contributed by atoms with Crippen LogP contribution in [0.4, 0.5) is 13.2 Å². The fraction of sp³-hybridized carbons (Fsp3) is 0.172. The van der Waals surface area contributed by atoms with E-state index in [1.165, 1.54) is 17.9 Å². The topological polar surface area (TPSA) is 73.4 Å². The number of hydrogen-bond acceptors (Lipinski definition) is 3. The molecule has 4 aromatic rings. The lowest BCUT2D eigenvalue weighted by Gasteiger charge is -2.37. The number of allylic oxidation sites excluding steroid dienone is 1. The number of Topliss-reactive ketones (excluding diaryl/α,β-unsaturated/α-hetero) is 1. The molecule has 8 heteroatoms. The summed E-state index contributed by atoms with van der Waals surface area (Å²) in [7, 11) is 0. The molecular weight excluding hydrogens is 481 g/mol. The van der Waals surface area contributed by atoms with Gasteiger partial charge in [-0.25, -0.2) is 0 Å². The van der Waals surface area contributed by atoms with Gasteiger partial charge in [-0.05, 0) is 47.4 Å². The zero-order chi connectivity index (χ0) is 26.1. The molecule has 37 heavy (non-hydrogen) atoms. The van der Waals surface area contributed by atoms with E-state index in [-0.39, 0.29) is 11.3 Å². The molecule has 0 radical (unpaired) electrons. The van der Waals surface area contributed by atoms with Crippen LogP contribution in [0.1, 0.15) is 35.3 Å². The first-order chi connectivity index (χ1) is 17.6. The van der Waals surface area contributed by atoms with Gasteiger partial charge in [-0.2, -0.15) is 13.2 Å².